The van der Waals surface area contributed by atoms with Crippen molar-refractivity contribution in [2.24, 2.45) is 0 Å². The van der Waals surface area contributed by atoms with E-state index in [0.29, 0.717) is 0 Å². The van der Waals surface area contributed by atoms with Crippen molar-refractivity contribution in [1.82, 2.24) is 0 Å². The maximum atomic E-state index is 10.8. The molecule has 0 N–H and O–H groups in total. The molecule has 1 nitrogen and oxygen atoms in total. The van der Waals surface area contributed by atoms with Crippen LogP contribution in [0.3, 0.4) is 0 Å². The molecule has 0 bridgehead atoms. The summed E-state index contributed by atoms with van der Waals surface area (Å²) in [5.41, 5.74) is 1.18. The molecule has 13 heavy (non-hydrogen) atoms. The summed E-state index contributed by atoms with van der Waals surface area (Å²) in [6.45, 7) is 0. The van der Waals surface area contributed by atoms with Crippen molar-refractivity contribution in [1.29, 1.82) is 0 Å². The summed E-state index contributed by atoms with van der Waals surface area (Å²) in [4.78, 5) is 12.1. The summed E-state index contributed by atoms with van der Waals surface area (Å²) in [5.74, 6) is 1.15. The lowest BCUT2D eigenvalue weighted by Crippen LogP contribution is -2.08. The van der Waals surface area contributed by atoms with Crippen LogP contribution in [0.2, 0.25) is 0 Å². The molecule has 1 heterocycles. The average molecular weight is 257 g/mol. The van der Waals surface area contributed by atoms with Gasteiger partial charge in [-0.15, -0.1) is 11.8 Å². The molecule has 1 aliphatic rings. The first-order chi connectivity index (χ1) is 6.33. The van der Waals surface area contributed by atoms with Crippen molar-refractivity contribution < 1.29 is 4.79 Å². The van der Waals surface area contributed by atoms with E-state index in [1.54, 1.807) is 0 Å². The van der Waals surface area contributed by atoms with Crippen molar-refractivity contribution in [2.45, 2.75) is 17.2 Å². The Morgan fingerprint density at radius 1 is 1.54 bits per heavy atom. The fraction of sp³-hybridized carbons (Fsp3) is 0.300. The van der Waals surface area contributed by atoms with E-state index in [9.17, 15) is 4.79 Å². The van der Waals surface area contributed by atoms with Crippen LogP contribution in [0.5, 0.6) is 0 Å². The second-order valence-corrected chi connectivity index (χ2v) is 5.00. The molecule has 1 aliphatic heterocycles. The first kappa shape index (κ1) is 9.28. The Morgan fingerprint density at radius 3 is 3.15 bits per heavy atom. The summed E-state index contributed by atoms with van der Waals surface area (Å²) in [6, 6.07) is 6.07. The van der Waals surface area contributed by atoms with E-state index < -0.39 is 0 Å². The summed E-state index contributed by atoms with van der Waals surface area (Å²) < 4.78 is 1.11. The Balaban J connectivity index is 2.51. The zero-order chi connectivity index (χ0) is 9.26. The average Bonchev–Trinajstić information content (AvgIpc) is 2.18. The third-order valence-electron chi connectivity index (χ3n) is 2.24. The quantitative estimate of drug-likeness (QED) is 0.718. The van der Waals surface area contributed by atoms with Gasteiger partial charge in [0, 0.05) is 15.3 Å². The minimum atomic E-state index is 0.105. The molecule has 0 aliphatic carbocycles. The Morgan fingerprint density at radius 2 is 2.38 bits per heavy atom. The van der Waals surface area contributed by atoms with Gasteiger partial charge in [0.25, 0.3) is 0 Å². The monoisotopic (exact) mass is 256 g/mol. The number of carbonyl (C=O) groups excluding carboxylic acids is 1. The summed E-state index contributed by atoms with van der Waals surface area (Å²) in [7, 11) is 0. The van der Waals surface area contributed by atoms with Gasteiger partial charge in [-0.05, 0) is 39.7 Å². The second kappa shape index (κ2) is 3.84. The van der Waals surface area contributed by atoms with Crippen molar-refractivity contribution in [3.63, 3.8) is 0 Å². The van der Waals surface area contributed by atoms with Gasteiger partial charge in [0.15, 0.2) is 0 Å². The highest BCUT2D eigenvalue weighted by molar-refractivity contribution is 9.10. The van der Waals surface area contributed by atoms with E-state index in [0.717, 1.165) is 22.9 Å². The molecule has 1 aromatic rings. The Kier molecular flexibility index (Phi) is 2.74. The van der Waals surface area contributed by atoms with Crippen molar-refractivity contribution >= 4 is 34.0 Å². The number of hydrogen-bond acceptors (Lipinski definition) is 2. The predicted octanol–water partition coefficient (Wildman–Crippen LogP) is 3.23. The van der Waals surface area contributed by atoms with Gasteiger partial charge >= 0.3 is 0 Å². The van der Waals surface area contributed by atoms with Gasteiger partial charge in [0.1, 0.15) is 6.29 Å². The smallest absolute Gasteiger partial charge is 0.127 e. The fourth-order valence-electron chi connectivity index (χ4n) is 1.55. The highest BCUT2D eigenvalue weighted by Crippen LogP contribution is 2.40. The molecule has 2 rings (SSSR count). The van der Waals surface area contributed by atoms with Crippen LogP contribution in [0, 0.1) is 0 Å². The number of rotatable bonds is 1. The molecule has 0 spiro atoms. The Hall–Kier alpha value is -0.280. The highest BCUT2D eigenvalue weighted by atomic mass is 79.9. The Labute approximate surface area is 90.0 Å². The van der Waals surface area contributed by atoms with Crippen molar-refractivity contribution in [3.8, 4) is 0 Å². The molecule has 0 amide bonds. The molecule has 1 aromatic carbocycles. The van der Waals surface area contributed by atoms with Crippen LogP contribution >= 0.6 is 27.7 Å². The predicted molar refractivity (Wildman–Crippen MR) is 58.3 cm³/mol. The maximum absolute atomic E-state index is 10.8. The molecule has 0 saturated heterocycles. The number of halogens is 1. The molecule has 1 unspecified atom stereocenters. The van der Waals surface area contributed by atoms with Gasteiger partial charge < -0.3 is 4.79 Å². The SMILES string of the molecule is O=CC1CCSc2c(Br)cccc21. The molecule has 68 valence electrons. The molecule has 1 atom stereocenters. The first-order valence-corrected chi connectivity index (χ1v) is 5.97. The van der Waals surface area contributed by atoms with E-state index in [1.165, 1.54) is 10.5 Å². The van der Waals surface area contributed by atoms with E-state index in [4.69, 9.17) is 0 Å². The Bertz CT molecular complexity index is 338. The van der Waals surface area contributed by atoms with Crippen molar-refractivity contribution in [3.05, 3.63) is 28.2 Å². The van der Waals surface area contributed by atoms with Crippen LogP contribution in [0.25, 0.3) is 0 Å². The number of thioether (sulfide) groups is 1. The van der Waals surface area contributed by atoms with Crippen LogP contribution in [-0.4, -0.2) is 12.0 Å². The number of carbonyl (C=O) groups is 1. The molecule has 0 saturated carbocycles. The summed E-state index contributed by atoms with van der Waals surface area (Å²) in [5, 5.41) is 0. The van der Waals surface area contributed by atoms with Crippen LogP contribution in [0.4, 0.5) is 0 Å². The fourth-order valence-corrected chi connectivity index (χ4v) is 3.45. The zero-order valence-electron chi connectivity index (χ0n) is 7.00. The van der Waals surface area contributed by atoms with Crippen molar-refractivity contribution in [2.75, 3.05) is 5.75 Å². The molecule has 0 aromatic heterocycles. The van der Waals surface area contributed by atoms with Crippen LogP contribution in [0.15, 0.2) is 27.6 Å². The summed E-state index contributed by atoms with van der Waals surface area (Å²) in [6.07, 6.45) is 2.03. The normalized spacial score (nSPS) is 20.8. The summed E-state index contributed by atoms with van der Waals surface area (Å²) >= 11 is 5.33. The van der Waals surface area contributed by atoms with E-state index in [-0.39, 0.29) is 5.92 Å². The van der Waals surface area contributed by atoms with Crippen LogP contribution in [0.1, 0.15) is 17.9 Å². The zero-order valence-corrected chi connectivity index (χ0v) is 9.40. The first-order valence-electron chi connectivity index (χ1n) is 4.19. The lowest BCUT2D eigenvalue weighted by Gasteiger charge is -2.21. The lowest BCUT2D eigenvalue weighted by atomic mass is 9.98. The maximum Gasteiger partial charge on any atom is 0.127 e. The van der Waals surface area contributed by atoms with Crippen LogP contribution in [-0.2, 0) is 4.79 Å². The molecule has 3 heteroatoms. The van der Waals surface area contributed by atoms with Gasteiger partial charge in [0.2, 0.25) is 0 Å². The van der Waals surface area contributed by atoms with E-state index in [2.05, 4.69) is 15.9 Å². The van der Waals surface area contributed by atoms with Crippen LogP contribution < -0.4 is 0 Å². The molecule has 0 radical (unpaired) electrons. The minimum absolute atomic E-state index is 0.105. The topological polar surface area (TPSA) is 17.1 Å². The highest BCUT2D eigenvalue weighted by Gasteiger charge is 2.21. The van der Waals surface area contributed by atoms with Gasteiger partial charge in [-0.1, -0.05) is 12.1 Å². The lowest BCUT2D eigenvalue weighted by molar-refractivity contribution is -0.109. The third kappa shape index (κ3) is 1.67. The standard InChI is InChI=1S/C10H9BrOS/c11-9-3-1-2-8-7(6-12)4-5-13-10(8)9/h1-3,6-7H,4-5H2. The third-order valence-corrected chi connectivity index (χ3v) is 4.34. The van der Waals surface area contributed by atoms with E-state index >= 15 is 0 Å². The van der Waals surface area contributed by atoms with E-state index in [1.807, 2.05) is 30.0 Å². The number of hydrogen-bond donors (Lipinski definition) is 0. The molecular weight excluding hydrogens is 248 g/mol. The van der Waals surface area contributed by atoms with Gasteiger partial charge in [-0.25, -0.2) is 0 Å². The van der Waals surface area contributed by atoms with Gasteiger partial charge in [0.05, 0.1) is 0 Å². The second-order valence-electron chi connectivity index (χ2n) is 3.04. The number of fused-ring (bicyclic) bond motifs is 1. The van der Waals surface area contributed by atoms with Gasteiger partial charge in [-0.2, -0.15) is 0 Å². The van der Waals surface area contributed by atoms with Gasteiger partial charge in [-0.3, -0.25) is 0 Å². The number of aldehydes is 1. The molecular formula is C10H9BrOS. The largest absolute Gasteiger partial charge is 0.303 e. The molecule has 0 fully saturated rings. The minimum Gasteiger partial charge on any atom is -0.303 e. The number of benzene rings is 1.